The fourth-order valence-corrected chi connectivity index (χ4v) is 1.79. The number of allylic oxidation sites excluding steroid dienone is 4. The standard InChI is InChI=1S/C17H28O3/c1-2-3-13-16(18)14-11-9-7-5-4-6-8-10-12-15-17(19)20/h2-3,7,9,11,14,16,18H,4-6,8,10,12-13,15H2,1H3,(H,19,20)/t16-/m0/s1. The molecule has 0 saturated heterocycles. The van der Waals surface area contributed by atoms with Gasteiger partial charge in [-0.2, -0.15) is 0 Å². The van der Waals surface area contributed by atoms with Gasteiger partial charge >= 0.3 is 5.97 Å². The zero-order valence-corrected chi connectivity index (χ0v) is 12.5. The third-order valence-electron chi connectivity index (χ3n) is 2.96. The molecule has 0 aliphatic heterocycles. The molecule has 0 spiro atoms. The number of carbonyl (C=O) groups is 1. The Morgan fingerprint density at radius 2 is 1.75 bits per heavy atom. The predicted molar refractivity (Wildman–Crippen MR) is 83.7 cm³/mol. The highest BCUT2D eigenvalue weighted by molar-refractivity contribution is 5.66. The maximum Gasteiger partial charge on any atom is 0.303 e. The van der Waals surface area contributed by atoms with Crippen LogP contribution in [0.5, 0.6) is 0 Å². The van der Waals surface area contributed by atoms with E-state index in [2.05, 4.69) is 6.08 Å². The van der Waals surface area contributed by atoms with E-state index in [0.717, 1.165) is 38.5 Å². The minimum Gasteiger partial charge on any atom is -0.481 e. The van der Waals surface area contributed by atoms with Gasteiger partial charge in [-0.15, -0.1) is 0 Å². The highest BCUT2D eigenvalue weighted by atomic mass is 16.4. The molecule has 20 heavy (non-hydrogen) atoms. The third-order valence-corrected chi connectivity index (χ3v) is 2.96. The molecule has 0 aromatic rings. The summed E-state index contributed by atoms with van der Waals surface area (Å²) in [5.74, 6) is -0.698. The second kappa shape index (κ2) is 14.1. The summed E-state index contributed by atoms with van der Waals surface area (Å²) in [7, 11) is 0. The van der Waals surface area contributed by atoms with Crippen LogP contribution in [0.1, 0.15) is 58.3 Å². The molecule has 0 rings (SSSR count). The largest absolute Gasteiger partial charge is 0.481 e. The van der Waals surface area contributed by atoms with Gasteiger partial charge in [-0.25, -0.2) is 0 Å². The summed E-state index contributed by atoms with van der Waals surface area (Å²) >= 11 is 0. The molecule has 0 unspecified atom stereocenters. The molecule has 2 N–H and O–H groups in total. The molecule has 0 heterocycles. The fourth-order valence-electron chi connectivity index (χ4n) is 1.79. The number of carboxylic acids is 1. The highest BCUT2D eigenvalue weighted by Gasteiger charge is 1.95. The van der Waals surface area contributed by atoms with Crippen molar-refractivity contribution in [2.75, 3.05) is 0 Å². The molecule has 0 aromatic heterocycles. The quantitative estimate of drug-likeness (QED) is 0.319. The number of rotatable bonds is 12. The summed E-state index contributed by atoms with van der Waals surface area (Å²) in [6, 6.07) is 0. The molecular weight excluding hydrogens is 252 g/mol. The Hall–Kier alpha value is -1.35. The second-order valence-electron chi connectivity index (χ2n) is 4.89. The van der Waals surface area contributed by atoms with Gasteiger partial charge in [0.1, 0.15) is 0 Å². The first kappa shape index (κ1) is 18.7. The first-order valence-corrected chi connectivity index (χ1v) is 7.51. The zero-order chi connectivity index (χ0) is 15.1. The van der Waals surface area contributed by atoms with Gasteiger partial charge in [0.05, 0.1) is 6.10 Å². The van der Waals surface area contributed by atoms with E-state index in [4.69, 9.17) is 5.11 Å². The van der Waals surface area contributed by atoms with E-state index in [1.807, 2.05) is 31.2 Å². The lowest BCUT2D eigenvalue weighted by molar-refractivity contribution is -0.137. The van der Waals surface area contributed by atoms with Gasteiger partial charge in [-0.3, -0.25) is 4.79 Å². The van der Waals surface area contributed by atoms with E-state index in [-0.39, 0.29) is 0 Å². The monoisotopic (exact) mass is 280 g/mol. The number of hydrogen-bond acceptors (Lipinski definition) is 2. The van der Waals surface area contributed by atoms with Gasteiger partial charge in [0.2, 0.25) is 0 Å². The zero-order valence-electron chi connectivity index (χ0n) is 12.5. The van der Waals surface area contributed by atoms with E-state index in [1.54, 1.807) is 6.08 Å². The van der Waals surface area contributed by atoms with Crippen LogP contribution in [0.2, 0.25) is 0 Å². The Bertz CT molecular complexity index is 316. The molecule has 0 bridgehead atoms. The lowest BCUT2D eigenvalue weighted by Gasteiger charge is -1.99. The Labute approximate surface area is 122 Å². The van der Waals surface area contributed by atoms with Crippen molar-refractivity contribution in [1.82, 2.24) is 0 Å². The lowest BCUT2D eigenvalue weighted by Crippen LogP contribution is -1.98. The molecule has 3 heteroatoms. The number of aliphatic hydroxyl groups is 1. The van der Waals surface area contributed by atoms with Gasteiger partial charge in [0.15, 0.2) is 0 Å². The Balaban J connectivity index is 3.39. The molecule has 0 aliphatic carbocycles. The SMILES string of the molecule is CC=CC[C@H](O)C=CC=CCCCCCCCC(=O)O. The minimum atomic E-state index is -0.698. The van der Waals surface area contributed by atoms with Crippen LogP contribution < -0.4 is 0 Å². The van der Waals surface area contributed by atoms with E-state index in [1.165, 1.54) is 0 Å². The number of hydrogen-bond donors (Lipinski definition) is 2. The van der Waals surface area contributed by atoms with Crippen molar-refractivity contribution in [3.8, 4) is 0 Å². The van der Waals surface area contributed by atoms with Crippen LogP contribution in [0, 0.1) is 0 Å². The van der Waals surface area contributed by atoms with E-state index in [9.17, 15) is 9.90 Å². The van der Waals surface area contributed by atoms with Crippen LogP contribution in [-0.4, -0.2) is 22.3 Å². The van der Waals surface area contributed by atoms with Crippen LogP contribution >= 0.6 is 0 Å². The van der Waals surface area contributed by atoms with Crippen molar-refractivity contribution in [2.24, 2.45) is 0 Å². The molecule has 3 nitrogen and oxygen atoms in total. The van der Waals surface area contributed by atoms with Crippen LogP contribution in [0.4, 0.5) is 0 Å². The number of carboxylic acid groups (broad SMARTS) is 1. The molecule has 1 atom stereocenters. The van der Waals surface area contributed by atoms with Gasteiger partial charge in [0.25, 0.3) is 0 Å². The third kappa shape index (κ3) is 14.7. The molecule has 0 amide bonds. The maximum absolute atomic E-state index is 10.3. The molecule has 0 aliphatic rings. The smallest absolute Gasteiger partial charge is 0.303 e. The van der Waals surface area contributed by atoms with Crippen molar-refractivity contribution in [3.05, 3.63) is 36.5 Å². The van der Waals surface area contributed by atoms with Crippen molar-refractivity contribution < 1.29 is 15.0 Å². The first-order valence-electron chi connectivity index (χ1n) is 7.51. The highest BCUT2D eigenvalue weighted by Crippen LogP contribution is 2.07. The Kier molecular flexibility index (Phi) is 13.1. The topological polar surface area (TPSA) is 57.5 Å². The molecule has 0 saturated carbocycles. The van der Waals surface area contributed by atoms with Crippen LogP contribution in [0.25, 0.3) is 0 Å². The minimum absolute atomic E-state index is 0.292. The summed E-state index contributed by atoms with van der Waals surface area (Å²) in [6.45, 7) is 1.94. The van der Waals surface area contributed by atoms with E-state index in [0.29, 0.717) is 12.8 Å². The summed E-state index contributed by atoms with van der Waals surface area (Å²) in [5, 5.41) is 18.0. The summed E-state index contributed by atoms with van der Waals surface area (Å²) in [6.07, 6.45) is 18.4. The van der Waals surface area contributed by atoms with E-state index < -0.39 is 12.1 Å². The fraction of sp³-hybridized carbons (Fsp3) is 0.588. The Morgan fingerprint density at radius 3 is 2.45 bits per heavy atom. The summed E-state index contributed by atoms with van der Waals surface area (Å²) < 4.78 is 0. The van der Waals surface area contributed by atoms with Crippen molar-refractivity contribution in [1.29, 1.82) is 0 Å². The second-order valence-corrected chi connectivity index (χ2v) is 4.89. The van der Waals surface area contributed by atoms with Gasteiger partial charge < -0.3 is 10.2 Å². The summed E-state index contributed by atoms with van der Waals surface area (Å²) in [5.41, 5.74) is 0. The van der Waals surface area contributed by atoms with Crippen molar-refractivity contribution in [3.63, 3.8) is 0 Å². The van der Waals surface area contributed by atoms with Crippen LogP contribution in [0.15, 0.2) is 36.5 Å². The average Bonchev–Trinajstić information content (AvgIpc) is 2.42. The first-order chi connectivity index (χ1) is 9.66. The molecule has 0 radical (unpaired) electrons. The predicted octanol–water partition coefficient (Wildman–Crippen LogP) is 4.24. The van der Waals surface area contributed by atoms with Crippen LogP contribution in [0.3, 0.4) is 0 Å². The number of aliphatic carboxylic acids is 1. The van der Waals surface area contributed by atoms with Gasteiger partial charge in [-0.1, -0.05) is 55.7 Å². The normalized spacial score (nSPS) is 13.7. The molecule has 0 fully saturated rings. The van der Waals surface area contributed by atoms with Gasteiger partial charge in [-0.05, 0) is 32.6 Å². The molecule has 114 valence electrons. The Morgan fingerprint density at radius 1 is 1.05 bits per heavy atom. The average molecular weight is 280 g/mol. The van der Waals surface area contributed by atoms with Crippen LogP contribution in [-0.2, 0) is 4.79 Å². The number of unbranched alkanes of at least 4 members (excludes halogenated alkanes) is 5. The number of aliphatic hydroxyl groups excluding tert-OH is 1. The van der Waals surface area contributed by atoms with Crippen molar-refractivity contribution in [2.45, 2.75) is 64.4 Å². The lowest BCUT2D eigenvalue weighted by atomic mass is 10.1. The molecular formula is C17H28O3. The van der Waals surface area contributed by atoms with E-state index >= 15 is 0 Å². The summed E-state index contributed by atoms with van der Waals surface area (Å²) in [4.78, 5) is 10.3. The van der Waals surface area contributed by atoms with Crippen molar-refractivity contribution >= 4 is 5.97 Å². The maximum atomic E-state index is 10.3. The molecule has 0 aromatic carbocycles. The van der Waals surface area contributed by atoms with Gasteiger partial charge in [0, 0.05) is 6.42 Å².